The summed E-state index contributed by atoms with van der Waals surface area (Å²) in [4.78, 5) is 4.50. The highest BCUT2D eigenvalue weighted by Crippen LogP contribution is 2.33. The van der Waals surface area contributed by atoms with E-state index in [9.17, 15) is 12.8 Å². The molecule has 0 saturated heterocycles. The van der Waals surface area contributed by atoms with E-state index in [1.165, 1.54) is 24.3 Å². The summed E-state index contributed by atoms with van der Waals surface area (Å²) in [7, 11) is -3.87. The lowest BCUT2D eigenvalue weighted by Crippen LogP contribution is -2.20. The fraction of sp³-hybridized carbons (Fsp3) is 0.0833. The third-order valence-electron chi connectivity index (χ3n) is 5.32. The second kappa shape index (κ2) is 8.18. The quantitative estimate of drug-likeness (QED) is 0.454. The highest BCUT2D eigenvalue weighted by atomic mass is 32.2. The van der Waals surface area contributed by atoms with Gasteiger partial charge < -0.3 is 5.32 Å². The molecule has 0 unspecified atom stereocenters. The summed E-state index contributed by atoms with van der Waals surface area (Å²) < 4.78 is 43.2. The van der Waals surface area contributed by atoms with Crippen molar-refractivity contribution in [3.05, 3.63) is 107 Å². The first-order valence-electron chi connectivity index (χ1n) is 10.2. The van der Waals surface area contributed by atoms with Gasteiger partial charge in [-0.25, -0.2) is 22.2 Å². The number of hydrogen-bond donors (Lipinski definition) is 2. The lowest BCUT2D eigenvalue weighted by atomic mass is 10.0. The second-order valence-electron chi connectivity index (χ2n) is 7.69. The van der Waals surface area contributed by atoms with Crippen LogP contribution in [0, 0.1) is 12.7 Å². The number of nitrogens with one attached hydrogen (secondary N) is 2. The number of rotatable bonds is 5. The number of benzene rings is 3. The number of fused-ring (bicyclic) bond motifs is 1. The van der Waals surface area contributed by atoms with E-state index in [0.29, 0.717) is 5.95 Å². The largest absolute Gasteiger partial charge is 0.324 e. The first-order valence-corrected chi connectivity index (χ1v) is 11.7. The van der Waals surface area contributed by atoms with Gasteiger partial charge in [-0.15, -0.1) is 5.10 Å². The van der Waals surface area contributed by atoms with Gasteiger partial charge in [-0.05, 0) is 48.4 Å². The molecule has 2 heterocycles. The molecule has 1 aliphatic rings. The molecule has 5 rings (SSSR count). The summed E-state index contributed by atoms with van der Waals surface area (Å²) in [5.41, 5.74) is 3.46. The standard InChI is InChI=1S/C24H20FN5O2S/c1-16-7-13-20(14-8-16)33(31,32)29-23-27-24-26-21(17-5-3-2-4-6-17)15-22(30(24)28-23)18-9-11-19(25)12-10-18/h2-15,22H,1H3,(H2,26,27,28,29)/t22-/m0/s1. The van der Waals surface area contributed by atoms with Crippen molar-refractivity contribution in [1.29, 1.82) is 0 Å². The average molecular weight is 462 g/mol. The van der Waals surface area contributed by atoms with Crippen LogP contribution in [0.4, 0.5) is 16.3 Å². The van der Waals surface area contributed by atoms with E-state index in [1.807, 2.05) is 43.3 Å². The van der Waals surface area contributed by atoms with Crippen LogP contribution in [0.25, 0.3) is 5.70 Å². The van der Waals surface area contributed by atoms with Crippen molar-refractivity contribution in [2.45, 2.75) is 17.9 Å². The summed E-state index contributed by atoms with van der Waals surface area (Å²) in [6, 6.07) is 21.9. The molecule has 0 amide bonds. The molecule has 2 N–H and O–H groups in total. The number of hydrogen-bond acceptors (Lipinski definition) is 5. The Balaban J connectivity index is 1.53. The smallest absolute Gasteiger partial charge is 0.264 e. The van der Waals surface area contributed by atoms with Gasteiger partial charge in [-0.1, -0.05) is 60.2 Å². The summed E-state index contributed by atoms with van der Waals surface area (Å²) in [6.45, 7) is 1.88. The van der Waals surface area contributed by atoms with Crippen molar-refractivity contribution in [1.82, 2.24) is 14.8 Å². The highest BCUT2D eigenvalue weighted by molar-refractivity contribution is 7.92. The fourth-order valence-electron chi connectivity index (χ4n) is 3.62. The summed E-state index contributed by atoms with van der Waals surface area (Å²) >= 11 is 0. The molecule has 166 valence electrons. The Bertz CT molecular complexity index is 1430. The molecule has 1 aromatic heterocycles. The molecule has 0 spiro atoms. The summed E-state index contributed by atoms with van der Waals surface area (Å²) in [6.07, 6.45) is 1.95. The third kappa shape index (κ3) is 4.22. The highest BCUT2D eigenvalue weighted by Gasteiger charge is 2.27. The van der Waals surface area contributed by atoms with Gasteiger partial charge in [-0.3, -0.25) is 0 Å². The molecule has 33 heavy (non-hydrogen) atoms. The van der Waals surface area contributed by atoms with E-state index in [4.69, 9.17) is 0 Å². The van der Waals surface area contributed by atoms with Crippen molar-refractivity contribution in [2.24, 2.45) is 0 Å². The maximum Gasteiger partial charge on any atom is 0.264 e. The van der Waals surface area contributed by atoms with Gasteiger partial charge in [-0.2, -0.15) is 4.98 Å². The molecule has 0 bridgehead atoms. The first kappa shape index (κ1) is 20.9. The summed E-state index contributed by atoms with van der Waals surface area (Å²) in [5, 5.41) is 7.62. The predicted molar refractivity (Wildman–Crippen MR) is 125 cm³/mol. The van der Waals surface area contributed by atoms with Gasteiger partial charge in [0.05, 0.1) is 4.90 Å². The van der Waals surface area contributed by atoms with Crippen LogP contribution < -0.4 is 10.0 Å². The van der Waals surface area contributed by atoms with Gasteiger partial charge >= 0.3 is 0 Å². The van der Waals surface area contributed by atoms with Crippen LogP contribution in [0.5, 0.6) is 0 Å². The first-order chi connectivity index (χ1) is 15.9. The van der Waals surface area contributed by atoms with Crippen molar-refractivity contribution in [2.75, 3.05) is 10.0 Å². The van der Waals surface area contributed by atoms with Gasteiger partial charge in [0, 0.05) is 5.70 Å². The third-order valence-corrected chi connectivity index (χ3v) is 6.66. The lowest BCUT2D eigenvalue weighted by molar-refractivity contribution is 0.597. The number of aryl methyl sites for hydroxylation is 1. The number of allylic oxidation sites excluding steroid dienone is 1. The SMILES string of the molecule is Cc1ccc(S(=O)(=O)Nc2nc3n(n2)[C@H](c2ccc(F)cc2)C=C(c2ccccc2)N3)cc1. The molecular formula is C24H20FN5O2S. The molecule has 3 aromatic carbocycles. The van der Waals surface area contributed by atoms with Gasteiger partial charge in [0.2, 0.25) is 5.95 Å². The average Bonchev–Trinajstić information content (AvgIpc) is 3.21. The molecule has 7 nitrogen and oxygen atoms in total. The molecule has 4 aromatic rings. The zero-order chi connectivity index (χ0) is 23.0. The molecule has 0 fully saturated rings. The van der Waals surface area contributed by atoms with Crippen molar-refractivity contribution < 1.29 is 12.8 Å². The molecule has 0 radical (unpaired) electrons. The van der Waals surface area contributed by atoms with Crippen LogP contribution in [0.3, 0.4) is 0 Å². The Kier molecular flexibility index (Phi) is 5.18. The molecule has 1 atom stereocenters. The van der Waals surface area contributed by atoms with Crippen LogP contribution in [0.1, 0.15) is 22.7 Å². The molecule has 9 heteroatoms. The van der Waals surface area contributed by atoms with Crippen LogP contribution >= 0.6 is 0 Å². The Morgan fingerprint density at radius 2 is 1.67 bits per heavy atom. The topological polar surface area (TPSA) is 88.9 Å². The normalized spacial score (nSPS) is 15.3. The van der Waals surface area contributed by atoms with Crippen LogP contribution in [-0.4, -0.2) is 23.2 Å². The minimum Gasteiger partial charge on any atom is -0.324 e. The predicted octanol–water partition coefficient (Wildman–Crippen LogP) is 4.58. The van der Waals surface area contributed by atoms with Crippen LogP contribution in [0.15, 0.2) is 89.8 Å². The maximum absolute atomic E-state index is 13.5. The molecule has 0 aliphatic carbocycles. The van der Waals surface area contributed by atoms with Crippen molar-refractivity contribution in [3.8, 4) is 0 Å². The van der Waals surface area contributed by atoms with Crippen molar-refractivity contribution in [3.63, 3.8) is 0 Å². The van der Waals surface area contributed by atoms with E-state index >= 15 is 0 Å². The Morgan fingerprint density at radius 1 is 0.970 bits per heavy atom. The number of sulfonamides is 1. The zero-order valence-corrected chi connectivity index (χ0v) is 18.4. The Labute approximate surface area is 190 Å². The minimum absolute atomic E-state index is 0.0621. The van der Waals surface area contributed by atoms with E-state index < -0.39 is 16.1 Å². The van der Waals surface area contributed by atoms with E-state index in [0.717, 1.165) is 22.4 Å². The van der Waals surface area contributed by atoms with Crippen molar-refractivity contribution >= 4 is 27.6 Å². The van der Waals surface area contributed by atoms with Gasteiger partial charge in [0.1, 0.15) is 11.9 Å². The number of halogens is 1. The van der Waals surface area contributed by atoms with E-state index in [1.54, 1.807) is 28.9 Å². The summed E-state index contributed by atoms with van der Waals surface area (Å²) in [5.74, 6) is -0.0366. The zero-order valence-electron chi connectivity index (χ0n) is 17.6. The second-order valence-corrected chi connectivity index (χ2v) is 9.37. The number of anilines is 2. The monoisotopic (exact) mass is 461 g/mol. The van der Waals surface area contributed by atoms with E-state index in [-0.39, 0.29) is 16.7 Å². The van der Waals surface area contributed by atoms with Gasteiger partial charge in [0.15, 0.2) is 0 Å². The minimum atomic E-state index is -3.87. The Hall–Kier alpha value is -3.98. The van der Waals surface area contributed by atoms with E-state index in [2.05, 4.69) is 20.1 Å². The number of aromatic nitrogens is 3. The molecular weight excluding hydrogens is 441 g/mol. The Morgan fingerprint density at radius 3 is 2.36 bits per heavy atom. The maximum atomic E-state index is 13.5. The molecule has 0 saturated carbocycles. The lowest BCUT2D eigenvalue weighted by Gasteiger charge is -2.24. The fourth-order valence-corrected chi connectivity index (χ4v) is 4.56. The van der Waals surface area contributed by atoms with Gasteiger partial charge in [0.25, 0.3) is 16.0 Å². The van der Waals surface area contributed by atoms with Crippen LogP contribution in [-0.2, 0) is 10.0 Å². The number of nitrogens with zero attached hydrogens (tertiary/aromatic N) is 3. The molecule has 1 aliphatic heterocycles. The van der Waals surface area contributed by atoms with Crippen LogP contribution in [0.2, 0.25) is 0 Å².